The van der Waals surface area contributed by atoms with Crippen molar-refractivity contribution in [1.82, 2.24) is 5.43 Å². The van der Waals surface area contributed by atoms with Gasteiger partial charge in [-0.3, -0.25) is 4.99 Å². The average molecular weight is 191 g/mol. The molecule has 3 nitrogen and oxygen atoms in total. The molecular weight excluding hydrogens is 174 g/mol. The van der Waals surface area contributed by atoms with E-state index in [1.54, 1.807) is 0 Å². The van der Waals surface area contributed by atoms with E-state index in [-0.39, 0.29) is 5.54 Å². The maximum atomic E-state index is 5.43. The number of hydrogen-bond acceptors (Lipinski definition) is 2. The van der Waals surface area contributed by atoms with Gasteiger partial charge in [-0.15, -0.1) is 0 Å². The van der Waals surface area contributed by atoms with Crippen LogP contribution in [0.4, 0.5) is 0 Å². The minimum absolute atomic E-state index is 0.127. The number of hydrazine groups is 1. The van der Waals surface area contributed by atoms with Crippen LogP contribution in [0.15, 0.2) is 35.3 Å². The van der Waals surface area contributed by atoms with Crippen molar-refractivity contribution in [2.45, 2.75) is 26.3 Å². The van der Waals surface area contributed by atoms with Crippen LogP contribution >= 0.6 is 0 Å². The van der Waals surface area contributed by atoms with Crippen molar-refractivity contribution in [3.05, 3.63) is 35.9 Å². The second kappa shape index (κ2) is 4.24. The molecule has 0 bridgehead atoms. The Balaban J connectivity index is 3.00. The van der Waals surface area contributed by atoms with Crippen LogP contribution in [-0.2, 0) is 0 Å². The summed E-state index contributed by atoms with van der Waals surface area (Å²) in [4.78, 5) is 4.48. The average Bonchev–Trinajstić information content (AvgIpc) is 2.14. The number of rotatable bonds is 1. The van der Waals surface area contributed by atoms with Crippen molar-refractivity contribution in [3.8, 4) is 0 Å². The van der Waals surface area contributed by atoms with Crippen LogP contribution in [0.2, 0.25) is 0 Å². The Morgan fingerprint density at radius 1 is 1.21 bits per heavy atom. The predicted octanol–water partition coefficient (Wildman–Crippen LogP) is 1.70. The molecule has 0 saturated heterocycles. The Kier molecular flexibility index (Phi) is 3.25. The maximum absolute atomic E-state index is 5.43. The molecule has 3 N–H and O–H groups in total. The quantitative estimate of drug-likeness (QED) is 0.307. The van der Waals surface area contributed by atoms with E-state index in [0.29, 0.717) is 0 Å². The largest absolute Gasteiger partial charge is 0.308 e. The zero-order valence-corrected chi connectivity index (χ0v) is 8.91. The minimum atomic E-state index is -0.127. The number of hydrogen-bond donors (Lipinski definition) is 2. The molecule has 0 aliphatic carbocycles. The van der Waals surface area contributed by atoms with Crippen molar-refractivity contribution in [1.29, 1.82) is 0 Å². The first-order valence-corrected chi connectivity index (χ1v) is 4.65. The Bertz CT molecular complexity index is 309. The number of benzene rings is 1. The lowest BCUT2D eigenvalue weighted by Crippen LogP contribution is -2.33. The van der Waals surface area contributed by atoms with Crippen molar-refractivity contribution >= 4 is 5.84 Å². The summed E-state index contributed by atoms with van der Waals surface area (Å²) in [5.41, 5.74) is 3.50. The summed E-state index contributed by atoms with van der Waals surface area (Å²) < 4.78 is 0. The second-order valence-electron chi connectivity index (χ2n) is 4.14. The standard InChI is InChI=1S/C11H17N3/c1-11(2,3)13-10(14-12)9-7-5-4-6-8-9/h4-8H,12H2,1-3H3,(H,13,14). The fourth-order valence-corrected chi connectivity index (χ4v) is 1.11. The minimum Gasteiger partial charge on any atom is -0.308 e. The third kappa shape index (κ3) is 3.18. The van der Waals surface area contributed by atoms with Crippen molar-refractivity contribution in [3.63, 3.8) is 0 Å². The first kappa shape index (κ1) is 10.7. The Hall–Kier alpha value is -1.35. The number of nitrogens with one attached hydrogen (secondary N) is 1. The van der Waals surface area contributed by atoms with Crippen molar-refractivity contribution < 1.29 is 0 Å². The third-order valence-corrected chi connectivity index (χ3v) is 1.63. The lowest BCUT2D eigenvalue weighted by atomic mass is 10.1. The number of nitrogens with zero attached hydrogens (tertiary/aromatic N) is 1. The first-order valence-electron chi connectivity index (χ1n) is 4.65. The third-order valence-electron chi connectivity index (χ3n) is 1.63. The first-order chi connectivity index (χ1) is 6.53. The van der Waals surface area contributed by atoms with E-state index in [9.17, 15) is 0 Å². The Morgan fingerprint density at radius 3 is 2.21 bits per heavy atom. The van der Waals surface area contributed by atoms with Crippen molar-refractivity contribution in [2.24, 2.45) is 10.8 Å². The summed E-state index contributed by atoms with van der Waals surface area (Å²) in [6.45, 7) is 6.10. The normalized spacial score (nSPS) is 12.7. The summed E-state index contributed by atoms with van der Waals surface area (Å²) >= 11 is 0. The Morgan fingerprint density at radius 2 is 1.79 bits per heavy atom. The summed E-state index contributed by atoms with van der Waals surface area (Å²) in [5.74, 6) is 6.15. The molecule has 0 atom stereocenters. The zero-order chi connectivity index (χ0) is 10.6. The van der Waals surface area contributed by atoms with Gasteiger partial charge in [0, 0.05) is 5.56 Å². The highest BCUT2D eigenvalue weighted by Gasteiger charge is 2.10. The maximum Gasteiger partial charge on any atom is 0.143 e. The molecule has 0 fully saturated rings. The fraction of sp³-hybridized carbons (Fsp3) is 0.364. The molecule has 0 unspecified atom stereocenters. The van der Waals surface area contributed by atoms with Gasteiger partial charge >= 0.3 is 0 Å². The van der Waals surface area contributed by atoms with Gasteiger partial charge in [0.1, 0.15) is 5.84 Å². The summed E-state index contributed by atoms with van der Waals surface area (Å²) in [6.07, 6.45) is 0. The van der Waals surface area contributed by atoms with Gasteiger partial charge in [-0.1, -0.05) is 30.3 Å². The molecule has 1 aromatic rings. The van der Waals surface area contributed by atoms with Gasteiger partial charge in [0.15, 0.2) is 0 Å². The lowest BCUT2D eigenvalue weighted by molar-refractivity contribution is 0.580. The number of nitrogens with two attached hydrogens (primary N) is 1. The smallest absolute Gasteiger partial charge is 0.143 e. The Labute approximate surface area is 85.0 Å². The second-order valence-corrected chi connectivity index (χ2v) is 4.14. The van der Waals surface area contributed by atoms with E-state index in [1.165, 1.54) is 0 Å². The van der Waals surface area contributed by atoms with Crippen LogP contribution in [0.1, 0.15) is 26.3 Å². The van der Waals surface area contributed by atoms with Gasteiger partial charge in [0.05, 0.1) is 5.54 Å². The van der Waals surface area contributed by atoms with Crippen molar-refractivity contribution in [2.75, 3.05) is 0 Å². The van der Waals surface area contributed by atoms with Gasteiger partial charge in [0.25, 0.3) is 0 Å². The number of aliphatic imine (C=N–C) groups is 1. The highest BCUT2D eigenvalue weighted by molar-refractivity contribution is 5.98. The van der Waals surface area contributed by atoms with Gasteiger partial charge in [-0.2, -0.15) is 0 Å². The topological polar surface area (TPSA) is 50.4 Å². The van der Waals surface area contributed by atoms with E-state index in [4.69, 9.17) is 5.84 Å². The molecule has 0 aliphatic heterocycles. The van der Waals surface area contributed by atoms with E-state index in [2.05, 4.69) is 10.4 Å². The van der Waals surface area contributed by atoms with Crippen LogP contribution in [0, 0.1) is 0 Å². The molecule has 0 aromatic heterocycles. The molecule has 0 spiro atoms. The molecular formula is C11H17N3. The van der Waals surface area contributed by atoms with E-state index >= 15 is 0 Å². The zero-order valence-electron chi connectivity index (χ0n) is 8.91. The van der Waals surface area contributed by atoms with Gasteiger partial charge in [-0.05, 0) is 20.8 Å². The summed E-state index contributed by atoms with van der Waals surface area (Å²) in [5, 5.41) is 0. The van der Waals surface area contributed by atoms with Gasteiger partial charge < -0.3 is 5.43 Å². The molecule has 1 rings (SSSR count). The molecule has 0 amide bonds. The summed E-state index contributed by atoms with van der Waals surface area (Å²) in [7, 11) is 0. The predicted molar refractivity (Wildman–Crippen MR) is 60.1 cm³/mol. The van der Waals surface area contributed by atoms with Crippen LogP contribution in [-0.4, -0.2) is 11.4 Å². The SMILES string of the molecule is CC(C)(C)N=C(NN)c1ccccc1. The molecule has 0 saturated carbocycles. The molecule has 0 radical (unpaired) electrons. The van der Waals surface area contributed by atoms with E-state index in [1.807, 2.05) is 51.1 Å². The molecule has 76 valence electrons. The van der Waals surface area contributed by atoms with E-state index < -0.39 is 0 Å². The van der Waals surface area contributed by atoms with Crippen LogP contribution in [0.5, 0.6) is 0 Å². The number of amidine groups is 1. The van der Waals surface area contributed by atoms with Crippen LogP contribution < -0.4 is 11.3 Å². The highest BCUT2D eigenvalue weighted by atomic mass is 15.3. The molecule has 3 heteroatoms. The highest BCUT2D eigenvalue weighted by Crippen LogP contribution is 2.09. The van der Waals surface area contributed by atoms with Gasteiger partial charge in [-0.25, -0.2) is 5.84 Å². The lowest BCUT2D eigenvalue weighted by Gasteiger charge is -2.15. The molecule has 1 aromatic carbocycles. The fourth-order valence-electron chi connectivity index (χ4n) is 1.11. The van der Waals surface area contributed by atoms with Gasteiger partial charge in [0.2, 0.25) is 0 Å². The van der Waals surface area contributed by atoms with E-state index in [0.717, 1.165) is 11.4 Å². The van der Waals surface area contributed by atoms with Crippen LogP contribution in [0.25, 0.3) is 0 Å². The molecule has 0 heterocycles. The van der Waals surface area contributed by atoms with Crippen LogP contribution in [0.3, 0.4) is 0 Å². The molecule has 0 aliphatic rings. The molecule has 14 heavy (non-hydrogen) atoms. The summed E-state index contributed by atoms with van der Waals surface area (Å²) in [6, 6.07) is 9.85. The monoisotopic (exact) mass is 191 g/mol.